The number of fused-ring (bicyclic) bond motifs is 4. The maximum Gasteiger partial charge on any atom is 0.0326 e. The highest BCUT2D eigenvalue weighted by Crippen LogP contribution is 2.45. The van der Waals surface area contributed by atoms with E-state index in [-0.39, 0.29) is 0 Å². The summed E-state index contributed by atoms with van der Waals surface area (Å²) in [5, 5.41) is 0. The van der Waals surface area contributed by atoms with E-state index in [2.05, 4.69) is 103 Å². The first kappa shape index (κ1) is 21.0. The minimum absolute atomic E-state index is 0.561. The van der Waals surface area contributed by atoms with Gasteiger partial charge >= 0.3 is 0 Å². The van der Waals surface area contributed by atoms with Crippen molar-refractivity contribution in [2.75, 3.05) is 13.1 Å². The third kappa shape index (κ3) is 4.25. The normalized spacial score (nSPS) is 33.3. The molecular formula is C29H38N2. The number of nitrogens with zero attached hydrogens (tertiary/aromatic N) is 2. The fourth-order valence-corrected chi connectivity index (χ4v) is 6.67. The Bertz CT molecular complexity index is 876. The van der Waals surface area contributed by atoms with Gasteiger partial charge < -0.3 is 0 Å². The van der Waals surface area contributed by atoms with Crippen LogP contribution in [0.25, 0.3) is 0 Å². The molecule has 2 aliphatic carbocycles. The van der Waals surface area contributed by atoms with E-state index in [0.29, 0.717) is 18.1 Å². The van der Waals surface area contributed by atoms with E-state index in [9.17, 15) is 0 Å². The molecule has 2 unspecified atom stereocenters. The highest BCUT2D eigenvalue weighted by Gasteiger charge is 2.44. The van der Waals surface area contributed by atoms with Gasteiger partial charge in [0.15, 0.2) is 0 Å². The van der Waals surface area contributed by atoms with Gasteiger partial charge in [0.2, 0.25) is 0 Å². The van der Waals surface area contributed by atoms with Crippen molar-refractivity contribution in [3.63, 3.8) is 0 Å². The Labute approximate surface area is 189 Å². The first-order chi connectivity index (χ1) is 15.1. The molecule has 2 aromatic rings. The van der Waals surface area contributed by atoms with E-state index < -0.39 is 0 Å². The Kier molecular flexibility index (Phi) is 6.03. The second-order valence-electron chi connectivity index (χ2n) is 10.4. The lowest BCUT2D eigenvalue weighted by molar-refractivity contribution is 0.122. The molecule has 0 spiro atoms. The SMILES string of the molecule is CC(c1ccccc1)N1C[C@H]2C=C[C@@H]1C2.CC(c1ccccc1)N1C[C@H]2C[C@H](C)[C@@H]1C2. The number of hydrogen-bond acceptors (Lipinski definition) is 2. The molecule has 2 heteroatoms. The Morgan fingerprint density at radius 3 is 1.81 bits per heavy atom. The zero-order valence-corrected chi connectivity index (χ0v) is 19.4. The zero-order chi connectivity index (χ0) is 21.4. The summed E-state index contributed by atoms with van der Waals surface area (Å²) in [7, 11) is 0. The fourth-order valence-electron chi connectivity index (χ4n) is 6.67. The average Bonchev–Trinajstić information content (AvgIpc) is 3.61. The van der Waals surface area contributed by atoms with Crippen LogP contribution in [-0.2, 0) is 0 Å². The largest absolute Gasteiger partial charge is 0.293 e. The minimum atomic E-state index is 0.561. The van der Waals surface area contributed by atoms with Gasteiger partial charge in [0.25, 0.3) is 0 Å². The molecule has 0 radical (unpaired) electrons. The molecule has 7 atom stereocenters. The third-order valence-corrected chi connectivity index (χ3v) is 8.41. The molecule has 1 saturated carbocycles. The molecule has 2 aromatic carbocycles. The van der Waals surface area contributed by atoms with Gasteiger partial charge in [0.1, 0.15) is 0 Å². The lowest BCUT2D eigenvalue weighted by Crippen LogP contribution is -2.38. The van der Waals surface area contributed by atoms with Gasteiger partial charge in [-0.15, -0.1) is 0 Å². The highest BCUT2D eigenvalue weighted by molar-refractivity contribution is 5.22. The summed E-state index contributed by atoms with van der Waals surface area (Å²) < 4.78 is 0. The van der Waals surface area contributed by atoms with Gasteiger partial charge in [0, 0.05) is 37.3 Å². The molecular weight excluding hydrogens is 376 g/mol. The smallest absolute Gasteiger partial charge is 0.0326 e. The Hall–Kier alpha value is -1.90. The second kappa shape index (κ2) is 8.92. The van der Waals surface area contributed by atoms with E-state index in [4.69, 9.17) is 0 Å². The van der Waals surface area contributed by atoms with E-state index in [0.717, 1.165) is 23.8 Å². The number of likely N-dealkylation sites (tertiary alicyclic amines) is 2. The summed E-state index contributed by atoms with van der Waals surface area (Å²) >= 11 is 0. The topological polar surface area (TPSA) is 6.48 Å². The minimum Gasteiger partial charge on any atom is -0.293 e. The van der Waals surface area contributed by atoms with E-state index in [1.54, 1.807) is 0 Å². The summed E-state index contributed by atoms with van der Waals surface area (Å²) in [5.74, 6) is 2.71. The molecule has 0 amide bonds. The maximum atomic E-state index is 2.73. The quantitative estimate of drug-likeness (QED) is 0.528. The summed E-state index contributed by atoms with van der Waals surface area (Å²) in [4.78, 5) is 5.36. The molecule has 2 heterocycles. The molecule has 3 fully saturated rings. The monoisotopic (exact) mass is 414 g/mol. The molecule has 0 aromatic heterocycles. The lowest BCUT2D eigenvalue weighted by atomic mass is 9.97. The Morgan fingerprint density at radius 1 is 0.710 bits per heavy atom. The standard InChI is InChI=1S/C15H21N.C14H17N/c1-11-8-13-9-15(11)16(10-13)12(2)14-6-4-3-5-7-14;1-11(13-5-3-2-4-6-13)15-10-12-7-8-14(15)9-12/h3-7,11-13,15H,8-10H2,1-2H3;2-8,11-12,14H,9-10H2,1H3/t11-,12?,13-,15-;11?,12-,14+/m00/s1. The van der Waals surface area contributed by atoms with Crippen molar-refractivity contribution in [2.24, 2.45) is 17.8 Å². The number of piperidine rings is 1. The summed E-state index contributed by atoms with van der Waals surface area (Å²) in [6.45, 7) is 9.68. The van der Waals surface area contributed by atoms with Gasteiger partial charge in [0.05, 0.1) is 0 Å². The van der Waals surface area contributed by atoms with Gasteiger partial charge in [-0.05, 0) is 62.0 Å². The molecule has 0 N–H and O–H groups in total. The molecule has 4 aliphatic rings. The van der Waals surface area contributed by atoms with Crippen molar-refractivity contribution in [3.05, 3.63) is 83.9 Å². The average molecular weight is 415 g/mol. The number of benzene rings is 2. The molecule has 4 bridgehead atoms. The van der Waals surface area contributed by atoms with Gasteiger partial charge in [-0.1, -0.05) is 79.7 Å². The summed E-state index contributed by atoms with van der Waals surface area (Å²) in [6.07, 6.45) is 9.02. The van der Waals surface area contributed by atoms with Gasteiger partial charge in [-0.25, -0.2) is 0 Å². The molecule has 2 nitrogen and oxygen atoms in total. The van der Waals surface area contributed by atoms with Gasteiger partial charge in [-0.2, -0.15) is 0 Å². The third-order valence-electron chi connectivity index (χ3n) is 8.41. The summed E-state index contributed by atoms with van der Waals surface area (Å²) in [6, 6.07) is 24.5. The van der Waals surface area contributed by atoms with Crippen LogP contribution in [0.15, 0.2) is 72.8 Å². The van der Waals surface area contributed by atoms with Crippen molar-refractivity contribution in [2.45, 2.75) is 64.2 Å². The predicted octanol–water partition coefficient (Wildman–Crippen LogP) is 6.49. The molecule has 2 saturated heterocycles. The molecule has 164 valence electrons. The van der Waals surface area contributed by atoms with E-state index in [1.807, 2.05) is 0 Å². The van der Waals surface area contributed by atoms with Crippen molar-refractivity contribution in [3.8, 4) is 0 Å². The second-order valence-corrected chi connectivity index (χ2v) is 10.4. The zero-order valence-electron chi connectivity index (χ0n) is 19.4. The fraction of sp³-hybridized carbons (Fsp3) is 0.517. The predicted molar refractivity (Wildman–Crippen MR) is 130 cm³/mol. The first-order valence-electron chi connectivity index (χ1n) is 12.4. The van der Waals surface area contributed by atoms with Gasteiger partial charge in [-0.3, -0.25) is 9.80 Å². The van der Waals surface area contributed by atoms with E-state index >= 15 is 0 Å². The summed E-state index contributed by atoms with van der Waals surface area (Å²) in [5.41, 5.74) is 2.92. The van der Waals surface area contributed by atoms with Crippen LogP contribution in [-0.4, -0.2) is 35.0 Å². The highest BCUT2D eigenvalue weighted by atomic mass is 15.2. The first-order valence-corrected chi connectivity index (χ1v) is 12.4. The number of hydrogen-bond donors (Lipinski definition) is 0. The van der Waals surface area contributed by atoms with Crippen LogP contribution < -0.4 is 0 Å². The number of rotatable bonds is 4. The van der Waals surface area contributed by atoms with Crippen LogP contribution in [0.1, 0.15) is 63.2 Å². The van der Waals surface area contributed by atoms with Crippen LogP contribution in [0.2, 0.25) is 0 Å². The van der Waals surface area contributed by atoms with Crippen LogP contribution in [0, 0.1) is 17.8 Å². The van der Waals surface area contributed by atoms with Crippen molar-refractivity contribution >= 4 is 0 Å². The Morgan fingerprint density at radius 2 is 1.32 bits per heavy atom. The van der Waals surface area contributed by atoms with E-state index in [1.165, 1.54) is 43.5 Å². The van der Waals surface area contributed by atoms with Crippen molar-refractivity contribution < 1.29 is 0 Å². The van der Waals surface area contributed by atoms with Crippen LogP contribution in [0.5, 0.6) is 0 Å². The molecule has 2 aliphatic heterocycles. The maximum absolute atomic E-state index is 2.73. The van der Waals surface area contributed by atoms with Crippen LogP contribution in [0.3, 0.4) is 0 Å². The molecule has 31 heavy (non-hydrogen) atoms. The van der Waals surface area contributed by atoms with Crippen molar-refractivity contribution in [1.29, 1.82) is 0 Å². The lowest BCUT2D eigenvalue weighted by Gasteiger charge is -2.36. The van der Waals surface area contributed by atoms with Crippen LogP contribution in [0.4, 0.5) is 0 Å². The van der Waals surface area contributed by atoms with Crippen LogP contribution >= 0.6 is 0 Å². The Balaban J connectivity index is 0.000000132. The molecule has 6 rings (SSSR count). The van der Waals surface area contributed by atoms with Crippen molar-refractivity contribution in [1.82, 2.24) is 9.80 Å².